The van der Waals surface area contributed by atoms with Crippen LogP contribution in [0.5, 0.6) is 0 Å². The van der Waals surface area contributed by atoms with Crippen molar-refractivity contribution in [2.24, 2.45) is 11.8 Å². The Morgan fingerprint density at radius 2 is 1.20 bits per heavy atom. The smallest absolute Gasteiger partial charge is 0.245 e. The number of ether oxygens (including phenoxy) is 2. The molecule has 0 amide bonds. The van der Waals surface area contributed by atoms with Crippen LogP contribution in [-0.4, -0.2) is 62.2 Å². The highest BCUT2D eigenvalue weighted by Crippen LogP contribution is 2.32. The molecule has 1 unspecified atom stereocenters. The number of hydrogen-bond acceptors (Lipinski definition) is 4. The van der Waals surface area contributed by atoms with E-state index in [1.807, 2.05) is 14.2 Å². The summed E-state index contributed by atoms with van der Waals surface area (Å²) in [6.07, 6.45) is 11.3. The third kappa shape index (κ3) is 10.4. The van der Waals surface area contributed by atoms with Crippen LogP contribution in [0.25, 0.3) is 0 Å². The maximum atomic E-state index is 6.33. The van der Waals surface area contributed by atoms with Gasteiger partial charge in [-0.25, -0.2) is 0 Å². The second-order valence-electron chi connectivity index (χ2n) is 9.84. The molecule has 0 aromatic rings. The fourth-order valence-electron chi connectivity index (χ4n) is 4.75. The predicted molar refractivity (Wildman–Crippen MR) is 132 cm³/mol. The lowest BCUT2D eigenvalue weighted by Gasteiger charge is -2.50. The second kappa shape index (κ2) is 17.4. The first-order valence-electron chi connectivity index (χ1n) is 12.9. The zero-order valence-corrected chi connectivity index (χ0v) is 22.1. The molecule has 0 aliphatic heterocycles. The normalized spacial score (nSPS) is 13.9. The number of rotatable bonds is 20. The molecule has 0 saturated carbocycles. The van der Waals surface area contributed by atoms with Crippen LogP contribution in [0.1, 0.15) is 106 Å². The highest BCUT2D eigenvalue weighted by Gasteiger charge is 2.47. The SMILES string of the molecule is CCCCCCCCC(N(CCC)CC(C)C)C(OC)(OC)N(CCC)CC(C)C. The lowest BCUT2D eigenvalue weighted by atomic mass is 9.98. The summed E-state index contributed by atoms with van der Waals surface area (Å²) in [5.41, 5.74) is 0. The molecular weight excluding hydrogens is 372 g/mol. The van der Waals surface area contributed by atoms with E-state index in [-0.39, 0.29) is 6.04 Å². The van der Waals surface area contributed by atoms with E-state index < -0.39 is 5.91 Å². The molecule has 4 nitrogen and oxygen atoms in total. The number of methoxy groups -OCH3 is 2. The average Bonchev–Trinajstić information content (AvgIpc) is 2.69. The minimum atomic E-state index is -0.687. The Morgan fingerprint density at radius 1 is 0.667 bits per heavy atom. The topological polar surface area (TPSA) is 24.9 Å². The predicted octanol–water partition coefficient (Wildman–Crippen LogP) is 6.79. The molecule has 0 heterocycles. The van der Waals surface area contributed by atoms with E-state index in [2.05, 4.69) is 58.3 Å². The molecule has 0 rings (SSSR count). The Labute approximate surface area is 190 Å². The summed E-state index contributed by atoms with van der Waals surface area (Å²) in [6, 6.07) is 0.242. The van der Waals surface area contributed by atoms with Crippen LogP contribution in [0.15, 0.2) is 0 Å². The maximum Gasteiger partial charge on any atom is 0.245 e. The number of nitrogens with zero attached hydrogens (tertiary/aromatic N) is 2. The van der Waals surface area contributed by atoms with Gasteiger partial charge in [0.25, 0.3) is 0 Å². The van der Waals surface area contributed by atoms with Crippen molar-refractivity contribution in [2.45, 2.75) is 118 Å². The Kier molecular flexibility index (Phi) is 17.3. The highest BCUT2D eigenvalue weighted by atomic mass is 16.7. The van der Waals surface area contributed by atoms with E-state index in [0.29, 0.717) is 11.8 Å². The summed E-state index contributed by atoms with van der Waals surface area (Å²) in [6.45, 7) is 20.2. The Hall–Kier alpha value is -0.160. The van der Waals surface area contributed by atoms with Crippen LogP contribution in [0.4, 0.5) is 0 Å². The zero-order chi connectivity index (χ0) is 23.0. The van der Waals surface area contributed by atoms with Crippen LogP contribution in [0.3, 0.4) is 0 Å². The minimum absolute atomic E-state index is 0.242. The lowest BCUT2D eigenvalue weighted by molar-refractivity contribution is -0.328. The average molecular weight is 429 g/mol. The molecule has 30 heavy (non-hydrogen) atoms. The van der Waals surface area contributed by atoms with Gasteiger partial charge in [-0.1, -0.05) is 87.0 Å². The first-order chi connectivity index (χ1) is 14.3. The molecule has 0 aromatic carbocycles. The van der Waals surface area contributed by atoms with E-state index in [1.54, 1.807) is 0 Å². The summed E-state index contributed by atoms with van der Waals surface area (Å²) in [5.74, 6) is 0.508. The third-order valence-corrected chi connectivity index (χ3v) is 5.91. The molecule has 4 heteroatoms. The van der Waals surface area contributed by atoms with E-state index in [0.717, 1.165) is 45.4 Å². The molecule has 0 aliphatic carbocycles. The number of hydrogen-bond donors (Lipinski definition) is 0. The van der Waals surface area contributed by atoms with Crippen LogP contribution in [-0.2, 0) is 9.47 Å². The third-order valence-electron chi connectivity index (χ3n) is 5.91. The molecule has 0 fully saturated rings. The molecule has 0 aliphatic rings. The molecule has 0 spiro atoms. The van der Waals surface area contributed by atoms with Crippen molar-refractivity contribution in [3.63, 3.8) is 0 Å². The van der Waals surface area contributed by atoms with Gasteiger partial charge >= 0.3 is 0 Å². The van der Waals surface area contributed by atoms with Gasteiger partial charge < -0.3 is 9.47 Å². The first kappa shape index (κ1) is 29.8. The highest BCUT2D eigenvalue weighted by molar-refractivity contribution is 4.89. The quantitative estimate of drug-likeness (QED) is 0.157. The van der Waals surface area contributed by atoms with Crippen LogP contribution < -0.4 is 0 Å². The molecule has 0 radical (unpaired) electrons. The van der Waals surface area contributed by atoms with Gasteiger partial charge in [0, 0.05) is 33.9 Å². The maximum absolute atomic E-state index is 6.33. The Bertz CT molecular complexity index is 383. The van der Waals surface area contributed by atoms with Crippen LogP contribution >= 0.6 is 0 Å². The molecule has 0 saturated heterocycles. The van der Waals surface area contributed by atoms with Gasteiger partial charge in [-0.3, -0.25) is 9.80 Å². The van der Waals surface area contributed by atoms with E-state index in [9.17, 15) is 0 Å². The van der Waals surface area contributed by atoms with Gasteiger partial charge in [0.15, 0.2) is 0 Å². The van der Waals surface area contributed by atoms with Crippen molar-refractivity contribution in [1.29, 1.82) is 0 Å². The van der Waals surface area contributed by atoms with E-state index in [4.69, 9.17) is 9.47 Å². The summed E-state index contributed by atoms with van der Waals surface area (Å²) < 4.78 is 12.7. The molecule has 0 aromatic heterocycles. The van der Waals surface area contributed by atoms with Gasteiger partial charge in [-0.2, -0.15) is 0 Å². The Morgan fingerprint density at radius 3 is 1.67 bits per heavy atom. The van der Waals surface area contributed by atoms with Gasteiger partial charge in [0.1, 0.15) is 0 Å². The lowest BCUT2D eigenvalue weighted by Crippen LogP contribution is -2.65. The molecule has 0 N–H and O–H groups in total. The van der Waals surface area contributed by atoms with Crippen LogP contribution in [0.2, 0.25) is 0 Å². The van der Waals surface area contributed by atoms with Gasteiger partial charge in [-0.05, 0) is 37.6 Å². The minimum Gasteiger partial charge on any atom is -0.339 e. The molecule has 182 valence electrons. The largest absolute Gasteiger partial charge is 0.339 e. The van der Waals surface area contributed by atoms with Gasteiger partial charge in [0.2, 0.25) is 5.91 Å². The van der Waals surface area contributed by atoms with Crippen molar-refractivity contribution < 1.29 is 9.47 Å². The fraction of sp³-hybridized carbons (Fsp3) is 1.00. The van der Waals surface area contributed by atoms with Crippen molar-refractivity contribution in [2.75, 3.05) is 40.4 Å². The second-order valence-corrected chi connectivity index (χ2v) is 9.84. The number of unbranched alkanes of at least 4 members (excludes halogenated alkanes) is 5. The van der Waals surface area contributed by atoms with E-state index >= 15 is 0 Å². The van der Waals surface area contributed by atoms with Crippen molar-refractivity contribution in [3.05, 3.63) is 0 Å². The van der Waals surface area contributed by atoms with Crippen LogP contribution in [0, 0.1) is 11.8 Å². The van der Waals surface area contributed by atoms with E-state index in [1.165, 1.54) is 38.5 Å². The fourth-order valence-corrected chi connectivity index (χ4v) is 4.75. The summed E-state index contributed by atoms with van der Waals surface area (Å²) >= 11 is 0. The van der Waals surface area contributed by atoms with Gasteiger partial charge in [0.05, 0.1) is 6.04 Å². The van der Waals surface area contributed by atoms with Crippen molar-refractivity contribution >= 4 is 0 Å². The summed E-state index contributed by atoms with van der Waals surface area (Å²) in [4.78, 5) is 5.13. The summed E-state index contributed by atoms with van der Waals surface area (Å²) in [5, 5.41) is 0. The monoisotopic (exact) mass is 428 g/mol. The standard InChI is InChI=1S/C26H56N2O2/c1-10-13-14-15-16-17-18-25(27(19-11-2)21-23(4)5)26(29-8,30-9)28(20-12-3)22-24(6)7/h23-25H,10-22H2,1-9H3. The molecule has 1 atom stereocenters. The molecule has 0 bridgehead atoms. The summed E-state index contributed by atoms with van der Waals surface area (Å²) in [7, 11) is 3.69. The van der Waals surface area contributed by atoms with Crippen molar-refractivity contribution in [3.8, 4) is 0 Å². The Balaban J connectivity index is 5.80. The first-order valence-corrected chi connectivity index (χ1v) is 12.9. The zero-order valence-electron chi connectivity index (χ0n) is 22.1. The van der Waals surface area contributed by atoms with Gasteiger partial charge in [-0.15, -0.1) is 0 Å². The van der Waals surface area contributed by atoms with Crippen molar-refractivity contribution in [1.82, 2.24) is 9.80 Å². The molecular formula is C26H56N2O2.